The van der Waals surface area contributed by atoms with Crippen LogP contribution >= 0.6 is 0 Å². The number of fused-ring (bicyclic) bond motifs is 1. The Morgan fingerprint density at radius 1 is 0.667 bits per heavy atom. The molecule has 168 valence electrons. The van der Waals surface area contributed by atoms with Crippen molar-refractivity contribution in [2.75, 3.05) is 0 Å². The lowest BCUT2D eigenvalue weighted by atomic mass is 9.94. The fourth-order valence-electron chi connectivity index (χ4n) is 4.34. The molecule has 2 aromatic rings. The molecule has 0 aliphatic carbocycles. The topological polar surface area (TPSA) is 54.4 Å². The molecule has 4 heteroatoms. The molecule has 0 aliphatic heterocycles. The fourth-order valence-corrected chi connectivity index (χ4v) is 5.08. The number of hydrogen-bond acceptors (Lipinski definition) is 2. The molecule has 2 aromatic carbocycles. The number of benzene rings is 2. The standard InChI is InChI=1S/C26H40O3S/c1-3-5-7-9-11-13-16-22-20-21-25(30(27,28)29)26-23(18-15-19-24(22)26)17-14-12-10-8-6-4-2/h15,18-21H,3-14,16-17H2,1-2H3,(H,27,28,29). The molecule has 0 atom stereocenters. The molecule has 0 radical (unpaired) electrons. The van der Waals surface area contributed by atoms with Crippen LogP contribution in [0, 0.1) is 0 Å². The normalized spacial score (nSPS) is 12.0. The zero-order valence-corrected chi connectivity index (χ0v) is 19.8. The Bertz CT molecular complexity index is 871. The van der Waals surface area contributed by atoms with Crippen molar-refractivity contribution in [3.63, 3.8) is 0 Å². The van der Waals surface area contributed by atoms with Gasteiger partial charge in [0.2, 0.25) is 0 Å². The van der Waals surface area contributed by atoms with Crippen molar-refractivity contribution in [1.82, 2.24) is 0 Å². The number of unbranched alkanes of at least 4 members (excludes halogenated alkanes) is 10. The Hall–Kier alpha value is -1.39. The van der Waals surface area contributed by atoms with E-state index in [1.807, 2.05) is 24.3 Å². The summed E-state index contributed by atoms with van der Waals surface area (Å²) in [5, 5.41) is 1.72. The molecule has 0 aliphatic rings. The Morgan fingerprint density at radius 2 is 1.20 bits per heavy atom. The van der Waals surface area contributed by atoms with E-state index >= 15 is 0 Å². The SMILES string of the molecule is CCCCCCCCc1ccc(S(=O)(=O)O)c2c(CCCCCCCC)cccc12. The average Bonchev–Trinajstić information content (AvgIpc) is 2.72. The van der Waals surface area contributed by atoms with Crippen molar-refractivity contribution in [2.45, 2.75) is 109 Å². The van der Waals surface area contributed by atoms with Crippen LogP contribution in [0.1, 0.15) is 102 Å². The maximum atomic E-state index is 12.1. The maximum Gasteiger partial charge on any atom is 0.295 e. The molecule has 0 amide bonds. The molecule has 0 aromatic heterocycles. The minimum absolute atomic E-state index is 0.0609. The summed E-state index contributed by atoms with van der Waals surface area (Å²) >= 11 is 0. The first-order chi connectivity index (χ1) is 14.5. The van der Waals surface area contributed by atoms with Gasteiger partial charge in [-0.15, -0.1) is 0 Å². The van der Waals surface area contributed by atoms with Crippen LogP contribution in [0.4, 0.5) is 0 Å². The van der Waals surface area contributed by atoms with Gasteiger partial charge in [-0.2, -0.15) is 8.42 Å². The monoisotopic (exact) mass is 432 g/mol. The molecule has 0 saturated heterocycles. The zero-order chi connectivity index (χ0) is 21.8. The molecule has 3 nitrogen and oxygen atoms in total. The quantitative estimate of drug-likeness (QED) is 0.230. The summed E-state index contributed by atoms with van der Waals surface area (Å²) in [5.41, 5.74) is 2.23. The van der Waals surface area contributed by atoms with E-state index in [1.54, 1.807) is 6.07 Å². The van der Waals surface area contributed by atoms with E-state index in [0.29, 0.717) is 0 Å². The van der Waals surface area contributed by atoms with Crippen LogP contribution < -0.4 is 0 Å². The van der Waals surface area contributed by atoms with Gasteiger partial charge in [0.1, 0.15) is 4.90 Å². The van der Waals surface area contributed by atoms with Gasteiger partial charge < -0.3 is 0 Å². The minimum Gasteiger partial charge on any atom is -0.282 e. The van der Waals surface area contributed by atoms with Crippen LogP contribution in [0.3, 0.4) is 0 Å². The van der Waals surface area contributed by atoms with Crippen molar-refractivity contribution >= 4 is 20.9 Å². The highest BCUT2D eigenvalue weighted by Crippen LogP contribution is 2.31. The smallest absolute Gasteiger partial charge is 0.282 e. The van der Waals surface area contributed by atoms with Crippen LogP contribution in [-0.2, 0) is 23.0 Å². The third kappa shape index (κ3) is 7.70. The summed E-state index contributed by atoms with van der Waals surface area (Å²) in [6, 6.07) is 9.58. The van der Waals surface area contributed by atoms with Crippen molar-refractivity contribution in [3.05, 3.63) is 41.5 Å². The van der Waals surface area contributed by atoms with E-state index in [2.05, 4.69) is 13.8 Å². The lowest BCUT2D eigenvalue weighted by molar-refractivity contribution is 0.484. The summed E-state index contributed by atoms with van der Waals surface area (Å²) in [4.78, 5) is 0.0609. The summed E-state index contributed by atoms with van der Waals surface area (Å²) in [6.45, 7) is 4.45. The van der Waals surface area contributed by atoms with Gasteiger partial charge >= 0.3 is 0 Å². The fraction of sp³-hybridized carbons (Fsp3) is 0.615. The number of hydrogen-bond donors (Lipinski definition) is 1. The van der Waals surface area contributed by atoms with Crippen molar-refractivity contribution in [1.29, 1.82) is 0 Å². The first-order valence-corrected chi connectivity index (χ1v) is 13.4. The van der Waals surface area contributed by atoms with Gasteiger partial charge in [0, 0.05) is 5.39 Å². The molecule has 1 N–H and O–H groups in total. The second-order valence-corrected chi connectivity index (χ2v) is 9.96. The highest BCUT2D eigenvalue weighted by molar-refractivity contribution is 7.86. The average molecular weight is 433 g/mol. The van der Waals surface area contributed by atoms with Gasteiger partial charge in [-0.1, -0.05) is 102 Å². The van der Waals surface area contributed by atoms with Crippen molar-refractivity contribution in [3.8, 4) is 0 Å². The van der Waals surface area contributed by atoms with E-state index in [-0.39, 0.29) is 4.90 Å². The second kappa shape index (κ2) is 13.1. The second-order valence-electron chi connectivity index (χ2n) is 8.57. The van der Waals surface area contributed by atoms with Gasteiger partial charge in [0.15, 0.2) is 0 Å². The number of aryl methyl sites for hydroxylation is 2. The van der Waals surface area contributed by atoms with Gasteiger partial charge in [-0.05, 0) is 48.3 Å². The largest absolute Gasteiger partial charge is 0.295 e. The highest BCUT2D eigenvalue weighted by atomic mass is 32.2. The third-order valence-electron chi connectivity index (χ3n) is 6.06. The van der Waals surface area contributed by atoms with E-state index in [4.69, 9.17) is 0 Å². The summed E-state index contributed by atoms with van der Waals surface area (Å²) in [7, 11) is -4.25. The van der Waals surface area contributed by atoms with Gasteiger partial charge in [0.25, 0.3) is 10.1 Å². The molecule has 2 rings (SSSR count). The predicted molar refractivity (Wildman–Crippen MR) is 128 cm³/mol. The van der Waals surface area contributed by atoms with E-state index < -0.39 is 10.1 Å². The summed E-state index contributed by atoms with van der Waals surface area (Å²) in [5.74, 6) is 0. The molecular formula is C26H40O3S. The molecule has 30 heavy (non-hydrogen) atoms. The van der Waals surface area contributed by atoms with Crippen molar-refractivity contribution < 1.29 is 13.0 Å². The Labute approximate surface area is 184 Å². The molecule has 0 saturated carbocycles. The van der Waals surface area contributed by atoms with Crippen LogP contribution in [-0.4, -0.2) is 13.0 Å². The first kappa shape index (κ1) is 24.9. The zero-order valence-electron chi connectivity index (χ0n) is 19.0. The molecule has 0 spiro atoms. The number of rotatable bonds is 15. The van der Waals surface area contributed by atoms with Crippen LogP contribution in [0.2, 0.25) is 0 Å². The third-order valence-corrected chi connectivity index (χ3v) is 6.95. The molecule has 0 heterocycles. The maximum absolute atomic E-state index is 12.1. The van der Waals surface area contributed by atoms with Gasteiger partial charge in [-0.3, -0.25) is 4.55 Å². The Balaban J connectivity index is 2.18. The Morgan fingerprint density at radius 3 is 1.77 bits per heavy atom. The minimum atomic E-state index is -4.25. The van der Waals surface area contributed by atoms with Gasteiger partial charge in [0.05, 0.1) is 0 Å². The van der Waals surface area contributed by atoms with Crippen LogP contribution in [0.15, 0.2) is 35.2 Å². The van der Waals surface area contributed by atoms with E-state index in [1.165, 1.54) is 63.4 Å². The molecule has 0 bridgehead atoms. The summed E-state index contributed by atoms with van der Waals surface area (Å²) < 4.78 is 34.0. The lowest BCUT2D eigenvalue weighted by Crippen LogP contribution is -2.03. The Kier molecular flexibility index (Phi) is 10.9. The van der Waals surface area contributed by atoms with Crippen molar-refractivity contribution in [2.24, 2.45) is 0 Å². The first-order valence-electron chi connectivity index (χ1n) is 12.0. The van der Waals surface area contributed by atoms with Crippen LogP contribution in [0.25, 0.3) is 10.8 Å². The van der Waals surface area contributed by atoms with Crippen LogP contribution in [0.5, 0.6) is 0 Å². The van der Waals surface area contributed by atoms with E-state index in [0.717, 1.165) is 48.4 Å². The predicted octanol–water partition coefficient (Wildman–Crippen LogP) is 7.89. The molecular weight excluding hydrogens is 392 g/mol. The molecule has 0 unspecified atom stereocenters. The summed E-state index contributed by atoms with van der Waals surface area (Å²) in [6.07, 6.45) is 16.5. The molecule has 0 fully saturated rings. The van der Waals surface area contributed by atoms with E-state index in [9.17, 15) is 13.0 Å². The highest BCUT2D eigenvalue weighted by Gasteiger charge is 2.18. The van der Waals surface area contributed by atoms with Gasteiger partial charge in [-0.25, -0.2) is 0 Å². The lowest BCUT2D eigenvalue weighted by Gasteiger charge is -2.14.